The molecule has 1 fully saturated rings. The largest absolute Gasteiger partial charge is 0.496 e. The van der Waals surface area contributed by atoms with Gasteiger partial charge in [0.15, 0.2) is 0 Å². The number of nitrogens with zero attached hydrogens (tertiary/aromatic N) is 2. The van der Waals surface area contributed by atoms with Crippen molar-refractivity contribution in [1.29, 1.82) is 0 Å². The van der Waals surface area contributed by atoms with Crippen LogP contribution in [0.4, 0.5) is 5.69 Å². The molecular formula is C18H20ClN3O3. The molecule has 2 aromatic rings. The summed E-state index contributed by atoms with van der Waals surface area (Å²) in [6.45, 7) is 3.14. The molecule has 1 unspecified atom stereocenters. The van der Waals surface area contributed by atoms with Crippen LogP contribution in [0, 0.1) is 10.1 Å². The van der Waals surface area contributed by atoms with E-state index in [1.807, 2.05) is 24.3 Å². The van der Waals surface area contributed by atoms with E-state index >= 15 is 0 Å². The van der Waals surface area contributed by atoms with Crippen molar-refractivity contribution in [3.63, 3.8) is 0 Å². The predicted octanol–water partition coefficient (Wildman–Crippen LogP) is 3.40. The van der Waals surface area contributed by atoms with E-state index in [1.165, 1.54) is 0 Å². The van der Waals surface area contributed by atoms with Gasteiger partial charge in [-0.1, -0.05) is 35.9 Å². The highest BCUT2D eigenvalue weighted by Gasteiger charge is 2.26. The number of ether oxygens (including phenoxy) is 1. The summed E-state index contributed by atoms with van der Waals surface area (Å²) in [7, 11) is 1.67. The number of para-hydroxylation sites is 1. The molecule has 132 valence electrons. The van der Waals surface area contributed by atoms with Gasteiger partial charge in [-0.05, 0) is 17.7 Å². The summed E-state index contributed by atoms with van der Waals surface area (Å²) in [6, 6.07) is 13.1. The fraction of sp³-hybridized carbons (Fsp3) is 0.333. The number of piperazine rings is 1. The SMILES string of the molecule is COc1ccccc1C1CNCCN1Cc1ccc(Cl)c([N+](=O)[O-])c1. The minimum Gasteiger partial charge on any atom is -0.496 e. The number of rotatable bonds is 5. The van der Waals surface area contributed by atoms with Crippen LogP contribution in [0.3, 0.4) is 0 Å². The Labute approximate surface area is 151 Å². The van der Waals surface area contributed by atoms with Crippen LogP contribution in [0.15, 0.2) is 42.5 Å². The number of hydrogen-bond donors (Lipinski definition) is 1. The van der Waals surface area contributed by atoms with E-state index in [1.54, 1.807) is 19.2 Å². The minimum atomic E-state index is -0.443. The fourth-order valence-electron chi connectivity index (χ4n) is 3.22. The molecule has 1 N–H and O–H groups in total. The van der Waals surface area contributed by atoms with Gasteiger partial charge in [-0.3, -0.25) is 15.0 Å². The highest BCUT2D eigenvalue weighted by Crippen LogP contribution is 2.32. The summed E-state index contributed by atoms with van der Waals surface area (Å²) in [6.07, 6.45) is 0. The summed E-state index contributed by atoms with van der Waals surface area (Å²) in [5.74, 6) is 0.850. The van der Waals surface area contributed by atoms with Gasteiger partial charge in [-0.25, -0.2) is 0 Å². The van der Waals surface area contributed by atoms with Crippen LogP contribution in [0.1, 0.15) is 17.2 Å². The molecule has 0 bridgehead atoms. The van der Waals surface area contributed by atoms with Crippen LogP contribution < -0.4 is 10.1 Å². The molecule has 1 aliphatic rings. The van der Waals surface area contributed by atoms with Crippen LogP contribution in [-0.2, 0) is 6.54 Å². The number of benzene rings is 2. The molecule has 1 heterocycles. The van der Waals surface area contributed by atoms with E-state index in [0.717, 1.165) is 36.5 Å². The van der Waals surface area contributed by atoms with Crippen molar-refractivity contribution in [3.8, 4) is 5.75 Å². The molecule has 0 aromatic heterocycles. The van der Waals surface area contributed by atoms with Gasteiger partial charge >= 0.3 is 0 Å². The number of nitro benzene ring substituents is 1. The van der Waals surface area contributed by atoms with Crippen molar-refractivity contribution in [2.75, 3.05) is 26.7 Å². The molecule has 6 nitrogen and oxygen atoms in total. The second-order valence-electron chi connectivity index (χ2n) is 5.98. The van der Waals surface area contributed by atoms with Crippen molar-refractivity contribution in [2.45, 2.75) is 12.6 Å². The fourth-order valence-corrected chi connectivity index (χ4v) is 3.40. The summed E-state index contributed by atoms with van der Waals surface area (Å²) < 4.78 is 5.50. The predicted molar refractivity (Wildman–Crippen MR) is 97.1 cm³/mol. The van der Waals surface area contributed by atoms with Gasteiger partial charge in [0, 0.05) is 37.8 Å². The second-order valence-corrected chi connectivity index (χ2v) is 6.38. The van der Waals surface area contributed by atoms with Crippen LogP contribution >= 0.6 is 11.6 Å². The van der Waals surface area contributed by atoms with Gasteiger partial charge in [0.05, 0.1) is 18.1 Å². The highest BCUT2D eigenvalue weighted by atomic mass is 35.5. The zero-order valence-corrected chi connectivity index (χ0v) is 14.7. The average molecular weight is 362 g/mol. The summed E-state index contributed by atoms with van der Waals surface area (Å²) >= 11 is 5.92. The number of halogens is 1. The molecule has 0 aliphatic carbocycles. The van der Waals surface area contributed by atoms with Crippen LogP contribution in [0.2, 0.25) is 5.02 Å². The normalized spacial score (nSPS) is 18.1. The van der Waals surface area contributed by atoms with Crippen LogP contribution in [0.5, 0.6) is 5.75 Å². The van der Waals surface area contributed by atoms with Gasteiger partial charge in [-0.15, -0.1) is 0 Å². The number of hydrogen-bond acceptors (Lipinski definition) is 5. The smallest absolute Gasteiger partial charge is 0.288 e. The van der Waals surface area contributed by atoms with Gasteiger partial charge in [0.2, 0.25) is 0 Å². The molecule has 3 rings (SSSR count). The van der Waals surface area contributed by atoms with Crippen molar-refractivity contribution < 1.29 is 9.66 Å². The van der Waals surface area contributed by atoms with Gasteiger partial charge in [0.25, 0.3) is 5.69 Å². The van der Waals surface area contributed by atoms with Crippen molar-refractivity contribution in [2.24, 2.45) is 0 Å². The quantitative estimate of drug-likeness (QED) is 0.653. The lowest BCUT2D eigenvalue weighted by Crippen LogP contribution is -2.45. The van der Waals surface area contributed by atoms with Crippen molar-refractivity contribution in [1.82, 2.24) is 10.2 Å². The van der Waals surface area contributed by atoms with Gasteiger partial charge in [0.1, 0.15) is 10.8 Å². The molecule has 25 heavy (non-hydrogen) atoms. The summed E-state index contributed by atoms with van der Waals surface area (Å²) in [5.41, 5.74) is 1.93. The Morgan fingerprint density at radius 3 is 2.92 bits per heavy atom. The number of nitro groups is 1. The molecular weight excluding hydrogens is 342 g/mol. The maximum absolute atomic E-state index is 11.1. The first-order valence-electron chi connectivity index (χ1n) is 8.10. The monoisotopic (exact) mass is 361 g/mol. The first-order valence-corrected chi connectivity index (χ1v) is 8.48. The molecule has 7 heteroatoms. The molecule has 0 saturated carbocycles. The van der Waals surface area contributed by atoms with E-state index < -0.39 is 4.92 Å². The van der Waals surface area contributed by atoms with E-state index in [0.29, 0.717) is 6.54 Å². The Bertz CT molecular complexity index is 769. The third kappa shape index (κ3) is 3.92. The molecule has 0 radical (unpaired) electrons. The Kier molecular flexibility index (Phi) is 5.53. The maximum Gasteiger partial charge on any atom is 0.288 e. The first kappa shape index (κ1) is 17.7. The lowest BCUT2D eigenvalue weighted by atomic mass is 10.0. The van der Waals surface area contributed by atoms with Crippen LogP contribution in [0.25, 0.3) is 0 Å². The Morgan fingerprint density at radius 1 is 1.36 bits per heavy atom. The molecule has 1 aliphatic heterocycles. The van der Waals surface area contributed by atoms with E-state index in [9.17, 15) is 10.1 Å². The zero-order valence-electron chi connectivity index (χ0n) is 13.9. The van der Waals surface area contributed by atoms with Crippen molar-refractivity contribution in [3.05, 3.63) is 68.7 Å². The minimum absolute atomic E-state index is 0.0526. The van der Waals surface area contributed by atoms with Crippen LogP contribution in [-0.4, -0.2) is 36.6 Å². The third-order valence-electron chi connectivity index (χ3n) is 4.45. The summed E-state index contributed by atoms with van der Waals surface area (Å²) in [5, 5.41) is 14.7. The molecule has 0 amide bonds. The standard InChI is InChI=1S/C18H20ClN3O3/c1-25-18-5-3-2-4-14(18)17-11-20-8-9-21(17)12-13-6-7-15(19)16(10-13)22(23)24/h2-7,10,17,20H,8-9,11-12H2,1H3. The lowest BCUT2D eigenvalue weighted by Gasteiger charge is -2.37. The second kappa shape index (κ2) is 7.82. The Balaban J connectivity index is 1.87. The van der Waals surface area contributed by atoms with Crippen molar-refractivity contribution >= 4 is 17.3 Å². The van der Waals surface area contributed by atoms with E-state index in [4.69, 9.17) is 16.3 Å². The van der Waals surface area contributed by atoms with Gasteiger partial charge in [-0.2, -0.15) is 0 Å². The van der Waals surface area contributed by atoms with Gasteiger partial charge < -0.3 is 10.1 Å². The third-order valence-corrected chi connectivity index (χ3v) is 4.76. The summed E-state index contributed by atoms with van der Waals surface area (Å²) in [4.78, 5) is 13.0. The maximum atomic E-state index is 11.1. The Hall–Kier alpha value is -2.15. The first-order chi connectivity index (χ1) is 12.1. The molecule has 1 saturated heterocycles. The Morgan fingerprint density at radius 2 is 2.16 bits per heavy atom. The van der Waals surface area contributed by atoms with E-state index in [2.05, 4.69) is 16.3 Å². The highest BCUT2D eigenvalue weighted by molar-refractivity contribution is 6.32. The topological polar surface area (TPSA) is 67.6 Å². The molecule has 0 spiro atoms. The number of methoxy groups -OCH3 is 1. The molecule has 2 aromatic carbocycles. The number of nitrogens with one attached hydrogen (secondary N) is 1. The zero-order chi connectivity index (χ0) is 17.8. The molecule has 1 atom stereocenters. The lowest BCUT2D eigenvalue weighted by molar-refractivity contribution is -0.384. The van der Waals surface area contributed by atoms with E-state index in [-0.39, 0.29) is 16.8 Å². The average Bonchev–Trinajstić information content (AvgIpc) is 2.63.